The summed E-state index contributed by atoms with van der Waals surface area (Å²) in [4.78, 5) is 0. The molecule has 0 atom stereocenters. The number of hydrogen-bond acceptors (Lipinski definition) is 2. The van der Waals surface area contributed by atoms with E-state index in [2.05, 4.69) is 10.3 Å². The minimum absolute atomic E-state index is 1.01. The van der Waals surface area contributed by atoms with Gasteiger partial charge in [0.25, 0.3) is 0 Å². The zero-order valence-corrected chi connectivity index (χ0v) is 9.34. The lowest BCUT2D eigenvalue weighted by atomic mass is 10.4. The molecule has 1 aromatic heterocycles. The zero-order valence-electron chi connectivity index (χ0n) is 9.34. The topological polar surface area (TPSA) is 30.7 Å². The zero-order chi connectivity index (χ0) is 10.1. The molecule has 0 aromatic carbocycles. The molecule has 0 amide bonds. The SMILES string of the molecule is CC.CC.Cc1nnn(C)c1C. The van der Waals surface area contributed by atoms with Gasteiger partial charge in [0.05, 0.1) is 11.4 Å². The van der Waals surface area contributed by atoms with Crippen LogP contribution in [0.15, 0.2) is 0 Å². The van der Waals surface area contributed by atoms with E-state index >= 15 is 0 Å². The molecular formula is C9H21N3. The predicted molar refractivity (Wildman–Crippen MR) is 53.2 cm³/mol. The average Bonchev–Trinajstić information content (AvgIpc) is 2.43. The normalized spacial score (nSPS) is 7.58. The number of aryl methyl sites for hydroxylation is 2. The molecule has 0 bridgehead atoms. The molecule has 0 unspecified atom stereocenters. The minimum Gasteiger partial charge on any atom is -0.252 e. The first kappa shape index (κ1) is 13.7. The first-order valence-corrected chi connectivity index (χ1v) is 4.54. The molecular weight excluding hydrogens is 150 g/mol. The molecule has 1 aromatic rings. The fourth-order valence-electron chi connectivity index (χ4n) is 0.508. The van der Waals surface area contributed by atoms with Gasteiger partial charge >= 0.3 is 0 Å². The molecule has 72 valence electrons. The second kappa shape index (κ2) is 8.24. The third-order valence-corrected chi connectivity index (χ3v) is 1.34. The van der Waals surface area contributed by atoms with E-state index in [1.165, 1.54) is 0 Å². The Morgan fingerprint density at radius 3 is 1.50 bits per heavy atom. The van der Waals surface area contributed by atoms with Crippen molar-refractivity contribution >= 4 is 0 Å². The van der Waals surface area contributed by atoms with Crippen LogP contribution in [0.25, 0.3) is 0 Å². The Morgan fingerprint density at radius 1 is 1.00 bits per heavy atom. The van der Waals surface area contributed by atoms with Gasteiger partial charge in [-0.05, 0) is 13.8 Å². The maximum atomic E-state index is 3.83. The number of rotatable bonds is 0. The molecule has 3 nitrogen and oxygen atoms in total. The second-order valence-electron chi connectivity index (χ2n) is 1.88. The molecule has 0 aliphatic rings. The van der Waals surface area contributed by atoms with Crippen LogP contribution in [-0.4, -0.2) is 15.0 Å². The van der Waals surface area contributed by atoms with Crippen LogP contribution in [0.5, 0.6) is 0 Å². The van der Waals surface area contributed by atoms with Gasteiger partial charge in [0.1, 0.15) is 0 Å². The Kier molecular flexibility index (Phi) is 9.41. The van der Waals surface area contributed by atoms with Crippen LogP contribution in [0, 0.1) is 13.8 Å². The van der Waals surface area contributed by atoms with Crippen molar-refractivity contribution in [3.63, 3.8) is 0 Å². The van der Waals surface area contributed by atoms with Gasteiger partial charge in [0, 0.05) is 7.05 Å². The molecule has 3 heteroatoms. The molecule has 0 saturated carbocycles. The molecule has 1 rings (SSSR count). The van der Waals surface area contributed by atoms with E-state index in [0.29, 0.717) is 0 Å². The van der Waals surface area contributed by atoms with Gasteiger partial charge in [-0.25, -0.2) is 0 Å². The van der Waals surface area contributed by atoms with Crippen molar-refractivity contribution in [1.82, 2.24) is 15.0 Å². The van der Waals surface area contributed by atoms with Crippen LogP contribution in [0.3, 0.4) is 0 Å². The van der Waals surface area contributed by atoms with Crippen LogP contribution < -0.4 is 0 Å². The van der Waals surface area contributed by atoms with Gasteiger partial charge in [-0.1, -0.05) is 32.9 Å². The lowest BCUT2D eigenvalue weighted by Crippen LogP contribution is -1.92. The molecule has 0 aliphatic heterocycles. The Bertz CT molecular complexity index is 172. The van der Waals surface area contributed by atoms with E-state index in [0.717, 1.165) is 11.4 Å². The predicted octanol–water partition coefficient (Wildman–Crippen LogP) is 2.48. The largest absolute Gasteiger partial charge is 0.252 e. The molecule has 0 radical (unpaired) electrons. The van der Waals surface area contributed by atoms with Gasteiger partial charge in [0.2, 0.25) is 0 Å². The molecule has 0 spiro atoms. The standard InChI is InChI=1S/C5H9N3.2C2H6/c1-4-5(2)8(3)7-6-4;2*1-2/h1-3H3;2*1-2H3. The van der Waals surface area contributed by atoms with Crippen molar-refractivity contribution < 1.29 is 0 Å². The number of aromatic nitrogens is 3. The first-order valence-electron chi connectivity index (χ1n) is 4.54. The highest BCUT2D eigenvalue weighted by molar-refractivity contribution is 5.03. The van der Waals surface area contributed by atoms with Crippen molar-refractivity contribution in [3.8, 4) is 0 Å². The summed E-state index contributed by atoms with van der Waals surface area (Å²) in [7, 11) is 1.88. The molecule has 0 aliphatic carbocycles. The van der Waals surface area contributed by atoms with Crippen LogP contribution in [0.2, 0.25) is 0 Å². The van der Waals surface area contributed by atoms with Crippen LogP contribution in [0.4, 0.5) is 0 Å². The van der Waals surface area contributed by atoms with Crippen molar-refractivity contribution in [2.24, 2.45) is 7.05 Å². The number of hydrogen-bond donors (Lipinski definition) is 0. The Hall–Kier alpha value is -0.860. The molecule has 0 saturated heterocycles. The minimum atomic E-state index is 1.01. The Morgan fingerprint density at radius 2 is 1.42 bits per heavy atom. The van der Waals surface area contributed by atoms with Gasteiger partial charge in [-0.15, -0.1) is 5.10 Å². The van der Waals surface area contributed by atoms with Gasteiger partial charge in [-0.3, -0.25) is 4.68 Å². The Labute approximate surface area is 75.8 Å². The van der Waals surface area contributed by atoms with Gasteiger partial charge in [-0.2, -0.15) is 0 Å². The molecule has 0 N–H and O–H groups in total. The second-order valence-corrected chi connectivity index (χ2v) is 1.88. The highest BCUT2D eigenvalue weighted by Crippen LogP contribution is 1.96. The van der Waals surface area contributed by atoms with E-state index in [9.17, 15) is 0 Å². The summed E-state index contributed by atoms with van der Waals surface area (Å²) in [5.41, 5.74) is 2.14. The first-order chi connectivity index (χ1) is 5.72. The highest BCUT2D eigenvalue weighted by atomic mass is 15.4. The van der Waals surface area contributed by atoms with Crippen LogP contribution >= 0.6 is 0 Å². The van der Waals surface area contributed by atoms with Crippen LogP contribution in [-0.2, 0) is 7.05 Å². The number of nitrogens with zero attached hydrogens (tertiary/aromatic N) is 3. The van der Waals surface area contributed by atoms with E-state index in [1.807, 2.05) is 48.6 Å². The maximum Gasteiger partial charge on any atom is 0.0825 e. The van der Waals surface area contributed by atoms with E-state index in [1.54, 1.807) is 4.68 Å². The van der Waals surface area contributed by atoms with E-state index < -0.39 is 0 Å². The lowest BCUT2D eigenvalue weighted by molar-refractivity contribution is 0.696. The summed E-state index contributed by atoms with van der Waals surface area (Å²) in [6, 6.07) is 0. The average molecular weight is 171 g/mol. The summed E-state index contributed by atoms with van der Waals surface area (Å²) in [5.74, 6) is 0. The van der Waals surface area contributed by atoms with E-state index in [-0.39, 0.29) is 0 Å². The lowest BCUT2D eigenvalue weighted by Gasteiger charge is -1.87. The van der Waals surface area contributed by atoms with Crippen LogP contribution in [0.1, 0.15) is 39.1 Å². The smallest absolute Gasteiger partial charge is 0.0825 e. The molecule has 12 heavy (non-hydrogen) atoms. The van der Waals surface area contributed by atoms with Crippen molar-refractivity contribution in [3.05, 3.63) is 11.4 Å². The molecule has 0 fully saturated rings. The third-order valence-electron chi connectivity index (χ3n) is 1.34. The monoisotopic (exact) mass is 171 g/mol. The Balaban J connectivity index is 0. The van der Waals surface area contributed by atoms with Gasteiger partial charge < -0.3 is 0 Å². The summed E-state index contributed by atoms with van der Waals surface area (Å²) in [5, 5.41) is 7.61. The van der Waals surface area contributed by atoms with Crippen molar-refractivity contribution in [1.29, 1.82) is 0 Å². The fourth-order valence-corrected chi connectivity index (χ4v) is 0.508. The third kappa shape index (κ3) is 4.11. The van der Waals surface area contributed by atoms with Gasteiger partial charge in [0.15, 0.2) is 0 Å². The summed E-state index contributed by atoms with van der Waals surface area (Å²) >= 11 is 0. The fraction of sp³-hybridized carbons (Fsp3) is 0.778. The highest BCUT2D eigenvalue weighted by Gasteiger charge is 1.95. The van der Waals surface area contributed by atoms with Crippen molar-refractivity contribution in [2.45, 2.75) is 41.5 Å². The van der Waals surface area contributed by atoms with Crippen molar-refractivity contribution in [2.75, 3.05) is 0 Å². The maximum absolute atomic E-state index is 3.83. The summed E-state index contributed by atoms with van der Waals surface area (Å²) < 4.78 is 1.76. The summed E-state index contributed by atoms with van der Waals surface area (Å²) in [6.45, 7) is 11.9. The quantitative estimate of drug-likeness (QED) is 0.600. The van der Waals surface area contributed by atoms with E-state index in [4.69, 9.17) is 0 Å². The summed E-state index contributed by atoms with van der Waals surface area (Å²) in [6.07, 6.45) is 0. The molecule has 1 heterocycles.